The van der Waals surface area contributed by atoms with Crippen molar-refractivity contribution in [3.63, 3.8) is 0 Å². The number of hydrogen-bond acceptors (Lipinski definition) is 4. The number of rotatable bonds is 3. The zero-order valence-corrected chi connectivity index (χ0v) is 11.6. The quantitative estimate of drug-likeness (QED) is 0.653. The van der Waals surface area contributed by atoms with Gasteiger partial charge in [0.15, 0.2) is 0 Å². The molecular formula is C15H20N4. The van der Waals surface area contributed by atoms with Crippen molar-refractivity contribution < 1.29 is 0 Å². The van der Waals surface area contributed by atoms with Crippen LogP contribution >= 0.6 is 0 Å². The Labute approximate surface area is 114 Å². The molecule has 0 saturated carbocycles. The highest BCUT2D eigenvalue weighted by molar-refractivity contribution is 5.32. The molecule has 2 aromatic rings. The monoisotopic (exact) mass is 256 g/mol. The molecule has 100 valence electrons. The van der Waals surface area contributed by atoms with Crippen LogP contribution in [0.4, 0.5) is 0 Å². The molecule has 19 heavy (non-hydrogen) atoms. The molecule has 3 N–H and O–H groups in total. The largest absolute Gasteiger partial charge is 0.271 e. The van der Waals surface area contributed by atoms with Gasteiger partial charge in [-0.15, -0.1) is 0 Å². The van der Waals surface area contributed by atoms with Crippen molar-refractivity contribution in [1.29, 1.82) is 0 Å². The number of hydrazine groups is 1. The molecule has 0 saturated heterocycles. The molecule has 0 aliphatic carbocycles. The molecule has 1 heterocycles. The lowest BCUT2D eigenvalue weighted by Gasteiger charge is -2.21. The predicted molar refractivity (Wildman–Crippen MR) is 76.3 cm³/mol. The second-order valence-corrected chi connectivity index (χ2v) is 5.60. The summed E-state index contributed by atoms with van der Waals surface area (Å²) in [4.78, 5) is 8.37. The minimum atomic E-state index is -0.136. The minimum absolute atomic E-state index is 0.136. The molecule has 1 aromatic heterocycles. The lowest BCUT2D eigenvalue weighted by molar-refractivity contribution is 0.586. The summed E-state index contributed by atoms with van der Waals surface area (Å²) in [6.07, 6.45) is 5.05. The molecule has 0 aliphatic heterocycles. The van der Waals surface area contributed by atoms with Crippen molar-refractivity contribution in [3.05, 3.63) is 59.7 Å². The fraction of sp³-hybridized carbons (Fsp3) is 0.333. The van der Waals surface area contributed by atoms with Crippen molar-refractivity contribution in [3.8, 4) is 0 Å². The highest BCUT2D eigenvalue weighted by Gasteiger charge is 2.16. The van der Waals surface area contributed by atoms with Gasteiger partial charge in [0, 0.05) is 12.4 Å². The van der Waals surface area contributed by atoms with Crippen molar-refractivity contribution in [2.24, 2.45) is 5.84 Å². The van der Waals surface area contributed by atoms with Crippen LogP contribution in [0.2, 0.25) is 0 Å². The first-order valence-electron chi connectivity index (χ1n) is 6.35. The second-order valence-electron chi connectivity index (χ2n) is 5.60. The second kappa shape index (κ2) is 5.47. The summed E-state index contributed by atoms with van der Waals surface area (Å²) in [5, 5.41) is 0. The predicted octanol–water partition coefficient (Wildman–Crippen LogP) is 2.33. The molecular weight excluding hydrogens is 236 g/mol. The molecule has 1 atom stereocenters. The smallest absolute Gasteiger partial charge is 0.0897 e. The van der Waals surface area contributed by atoms with Crippen molar-refractivity contribution >= 4 is 0 Å². The number of nitrogens with one attached hydrogen (secondary N) is 1. The van der Waals surface area contributed by atoms with E-state index in [2.05, 4.69) is 60.4 Å². The van der Waals surface area contributed by atoms with Crippen LogP contribution in [0.25, 0.3) is 0 Å². The van der Waals surface area contributed by atoms with E-state index in [0.29, 0.717) is 0 Å². The molecule has 2 rings (SSSR count). The van der Waals surface area contributed by atoms with Gasteiger partial charge in [0.2, 0.25) is 0 Å². The maximum atomic E-state index is 5.64. The summed E-state index contributed by atoms with van der Waals surface area (Å²) < 4.78 is 0. The third-order valence-corrected chi connectivity index (χ3v) is 3.16. The Morgan fingerprint density at radius 3 is 2.26 bits per heavy atom. The summed E-state index contributed by atoms with van der Waals surface area (Å²) >= 11 is 0. The van der Waals surface area contributed by atoms with Gasteiger partial charge in [-0.25, -0.2) is 5.43 Å². The molecule has 1 aromatic carbocycles. The van der Waals surface area contributed by atoms with Gasteiger partial charge in [-0.3, -0.25) is 15.8 Å². The number of nitrogens with zero attached hydrogens (tertiary/aromatic N) is 2. The van der Waals surface area contributed by atoms with E-state index >= 15 is 0 Å². The normalized spacial score (nSPS) is 13.3. The van der Waals surface area contributed by atoms with E-state index in [9.17, 15) is 0 Å². The van der Waals surface area contributed by atoms with Crippen LogP contribution < -0.4 is 11.3 Å². The molecule has 0 aliphatic rings. The van der Waals surface area contributed by atoms with Crippen molar-refractivity contribution in [1.82, 2.24) is 15.4 Å². The molecule has 4 heteroatoms. The number of benzene rings is 1. The van der Waals surface area contributed by atoms with Crippen LogP contribution in [0.15, 0.2) is 42.9 Å². The molecule has 0 bridgehead atoms. The van der Waals surface area contributed by atoms with Gasteiger partial charge in [0.05, 0.1) is 17.9 Å². The van der Waals surface area contributed by atoms with E-state index in [1.807, 2.05) is 0 Å². The van der Waals surface area contributed by atoms with Gasteiger partial charge < -0.3 is 0 Å². The van der Waals surface area contributed by atoms with Crippen molar-refractivity contribution in [2.75, 3.05) is 0 Å². The van der Waals surface area contributed by atoms with Crippen LogP contribution in [-0.4, -0.2) is 9.97 Å². The Hall–Kier alpha value is -1.78. The Balaban J connectivity index is 2.30. The highest BCUT2D eigenvalue weighted by atomic mass is 15.2. The Morgan fingerprint density at radius 2 is 1.79 bits per heavy atom. The standard InChI is InChI=1S/C15H20N4/c1-15(2,3)12-6-4-11(5-7-12)14(19-16)13-10-17-8-9-18-13/h4-10,14,19H,16H2,1-3H3. The number of aromatic nitrogens is 2. The van der Waals surface area contributed by atoms with E-state index in [4.69, 9.17) is 5.84 Å². The van der Waals surface area contributed by atoms with Gasteiger partial charge in [-0.2, -0.15) is 0 Å². The lowest BCUT2D eigenvalue weighted by Crippen LogP contribution is -2.29. The molecule has 4 nitrogen and oxygen atoms in total. The van der Waals surface area contributed by atoms with Crippen LogP contribution in [-0.2, 0) is 5.41 Å². The maximum absolute atomic E-state index is 5.64. The van der Waals surface area contributed by atoms with Gasteiger partial charge in [0.25, 0.3) is 0 Å². The van der Waals surface area contributed by atoms with Crippen LogP contribution in [0.3, 0.4) is 0 Å². The molecule has 0 spiro atoms. The first-order chi connectivity index (χ1) is 9.02. The first kappa shape index (κ1) is 13.6. The number of hydrogen-bond donors (Lipinski definition) is 2. The van der Waals surface area contributed by atoms with Crippen LogP contribution in [0.1, 0.15) is 43.6 Å². The zero-order chi connectivity index (χ0) is 13.9. The summed E-state index contributed by atoms with van der Waals surface area (Å²) in [7, 11) is 0. The van der Waals surface area contributed by atoms with Crippen LogP contribution in [0, 0.1) is 0 Å². The molecule has 1 unspecified atom stereocenters. The highest BCUT2D eigenvalue weighted by Crippen LogP contribution is 2.25. The summed E-state index contributed by atoms with van der Waals surface area (Å²) in [6.45, 7) is 6.59. The molecule has 0 amide bonds. The Morgan fingerprint density at radius 1 is 1.11 bits per heavy atom. The third kappa shape index (κ3) is 3.16. The third-order valence-electron chi connectivity index (χ3n) is 3.16. The summed E-state index contributed by atoms with van der Waals surface area (Å²) in [5.41, 5.74) is 6.13. The van der Waals surface area contributed by atoms with E-state index < -0.39 is 0 Å². The van der Waals surface area contributed by atoms with E-state index in [1.165, 1.54) is 5.56 Å². The van der Waals surface area contributed by atoms with Crippen LogP contribution in [0.5, 0.6) is 0 Å². The molecule has 0 radical (unpaired) electrons. The minimum Gasteiger partial charge on any atom is -0.271 e. The first-order valence-corrected chi connectivity index (χ1v) is 6.35. The van der Waals surface area contributed by atoms with E-state index in [1.54, 1.807) is 18.6 Å². The SMILES string of the molecule is CC(C)(C)c1ccc(C(NN)c2cnccn2)cc1. The Kier molecular flexibility index (Phi) is 3.93. The fourth-order valence-corrected chi connectivity index (χ4v) is 1.99. The average Bonchev–Trinajstić information content (AvgIpc) is 2.40. The lowest BCUT2D eigenvalue weighted by atomic mass is 9.86. The van der Waals surface area contributed by atoms with Gasteiger partial charge in [-0.05, 0) is 16.5 Å². The average molecular weight is 256 g/mol. The van der Waals surface area contributed by atoms with E-state index in [0.717, 1.165) is 11.3 Å². The van der Waals surface area contributed by atoms with E-state index in [-0.39, 0.29) is 11.5 Å². The Bertz CT molecular complexity index is 514. The molecule has 0 fully saturated rings. The number of nitrogens with two attached hydrogens (primary N) is 1. The summed E-state index contributed by atoms with van der Waals surface area (Å²) in [5.74, 6) is 5.64. The maximum Gasteiger partial charge on any atom is 0.0897 e. The van der Waals surface area contributed by atoms with Gasteiger partial charge >= 0.3 is 0 Å². The van der Waals surface area contributed by atoms with Gasteiger partial charge in [-0.1, -0.05) is 45.0 Å². The summed E-state index contributed by atoms with van der Waals surface area (Å²) in [6, 6.07) is 8.30. The van der Waals surface area contributed by atoms with Gasteiger partial charge in [0.1, 0.15) is 0 Å². The zero-order valence-electron chi connectivity index (χ0n) is 11.6. The topological polar surface area (TPSA) is 63.8 Å². The fourth-order valence-electron chi connectivity index (χ4n) is 1.99. The van der Waals surface area contributed by atoms with Crippen molar-refractivity contribution in [2.45, 2.75) is 32.2 Å².